The molecule has 0 N–H and O–H groups in total. The molecule has 0 fully saturated rings. The maximum absolute atomic E-state index is 12.1. The number of methoxy groups -OCH3 is 1. The third-order valence-electron chi connectivity index (χ3n) is 4.17. The van der Waals surface area contributed by atoms with Crippen LogP contribution in [0.3, 0.4) is 0 Å². The number of halogens is 1. The van der Waals surface area contributed by atoms with Crippen LogP contribution in [0.5, 0.6) is 5.75 Å². The van der Waals surface area contributed by atoms with Crippen molar-refractivity contribution in [2.24, 2.45) is 0 Å². The lowest BCUT2D eigenvalue weighted by Gasteiger charge is -2.18. The van der Waals surface area contributed by atoms with Crippen molar-refractivity contribution < 1.29 is 19.0 Å². The molecule has 0 spiro atoms. The number of benzene rings is 1. The number of carbonyl (C=O) groups excluding carboxylic acids is 1. The molecule has 5 heteroatoms. The molecule has 4 nitrogen and oxygen atoms in total. The van der Waals surface area contributed by atoms with Gasteiger partial charge in [-0.3, -0.25) is 0 Å². The normalized spacial score (nSPS) is 17.3. The molecule has 1 aromatic rings. The Labute approximate surface area is 148 Å². The van der Waals surface area contributed by atoms with E-state index in [0.29, 0.717) is 16.3 Å². The first-order valence-electron chi connectivity index (χ1n) is 8.41. The summed E-state index contributed by atoms with van der Waals surface area (Å²) >= 11 is 6.17. The lowest BCUT2D eigenvalue weighted by atomic mass is 9.93. The average molecular weight is 353 g/mol. The van der Waals surface area contributed by atoms with Crippen LogP contribution in [0, 0.1) is 0 Å². The average Bonchev–Trinajstić information content (AvgIpc) is 2.85. The zero-order valence-corrected chi connectivity index (χ0v) is 15.3. The van der Waals surface area contributed by atoms with Gasteiger partial charge in [0, 0.05) is 28.8 Å². The van der Waals surface area contributed by atoms with E-state index in [1.54, 1.807) is 26.2 Å². The minimum atomic E-state index is -0.261. The van der Waals surface area contributed by atoms with Crippen molar-refractivity contribution in [2.75, 3.05) is 13.9 Å². The molecular weight excluding hydrogens is 328 g/mol. The van der Waals surface area contributed by atoms with Crippen molar-refractivity contribution >= 4 is 23.1 Å². The fourth-order valence-corrected chi connectivity index (χ4v) is 3.10. The van der Waals surface area contributed by atoms with Gasteiger partial charge in [-0.25, -0.2) is 4.79 Å². The second-order valence-electron chi connectivity index (χ2n) is 5.97. The first kappa shape index (κ1) is 18.8. The second-order valence-corrected chi connectivity index (χ2v) is 6.41. The van der Waals surface area contributed by atoms with Gasteiger partial charge in [-0.05, 0) is 38.0 Å². The van der Waals surface area contributed by atoms with Crippen molar-refractivity contribution in [1.82, 2.24) is 0 Å². The highest BCUT2D eigenvalue weighted by Gasteiger charge is 2.33. The van der Waals surface area contributed by atoms with Crippen molar-refractivity contribution in [1.29, 1.82) is 0 Å². The van der Waals surface area contributed by atoms with Gasteiger partial charge in [-0.15, -0.1) is 0 Å². The summed E-state index contributed by atoms with van der Waals surface area (Å²) in [5, 5.41) is 0.596. The van der Waals surface area contributed by atoms with Gasteiger partial charge in [-0.1, -0.05) is 37.8 Å². The van der Waals surface area contributed by atoms with Gasteiger partial charge >= 0.3 is 5.97 Å². The molecule has 1 atom stereocenters. The van der Waals surface area contributed by atoms with Crippen LogP contribution in [0.15, 0.2) is 23.8 Å². The van der Waals surface area contributed by atoms with Crippen LogP contribution in [-0.4, -0.2) is 26.0 Å². The van der Waals surface area contributed by atoms with Crippen molar-refractivity contribution in [2.45, 2.75) is 52.1 Å². The zero-order chi connectivity index (χ0) is 17.5. The lowest BCUT2D eigenvalue weighted by molar-refractivity contribution is -0.139. The molecule has 0 saturated carbocycles. The molecule has 1 heterocycles. The number of esters is 1. The molecule has 2 rings (SSSR count). The summed E-state index contributed by atoms with van der Waals surface area (Å²) in [5.74, 6) is 0.385. The third kappa shape index (κ3) is 4.52. The van der Waals surface area contributed by atoms with E-state index < -0.39 is 0 Å². The van der Waals surface area contributed by atoms with E-state index in [2.05, 4.69) is 6.92 Å². The van der Waals surface area contributed by atoms with Crippen LogP contribution in [-0.2, 0) is 14.3 Å². The first-order chi connectivity index (χ1) is 11.6. The fourth-order valence-electron chi connectivity index (χ4n) is 2.92. The molecule has 0 amide bonds. The van der Waals surface area contributed by atoms with Crippen LogP contribution in [0.1, 0.15) is 51.5 Å². The number of ether oxygens (including phenoxy) is 3. The number of hydrogen-bond donors (Lipinski definition) is 0. The van der Waals surface area contributed by atoms with E-state index in [4.69, 9.17) is 25.8 Å². The Balaban J connectivity index is 2.28. The summed E-state index contributed by atoms with van der Waals surface area (Å²) in [7, 11) is 1.57. The zero-order valence-electron chi connectivity index (χ0n) is 14.6. The molecule has 1 aliphatic rings. The molecule has 0 bridgehead atoms. The molecule has 1 aromatic carbocycles. The van der Waals surface area contributed by atoms with Gasteiger partial charge in [0.2, 0.25) is 0 Å². The molecule has 0 radical (unpaired) electrons. The first-order valence-corrected chi connectivity index (χ1v) is 8.79. The highest BCUT2D eigenvalue weighted by molar-refractivity contribution is 6.30. The largest absolute Gasteiger partial charge is 0.467 e. The molecule has 1 unspecified atom stereocenters. The monoisotopic (exact) mass is 352 g/mol. The van der Waals surface area contributed by atoms with Gasteiger partial charge in [0.1, 0.15) is 11.9 Å². The van der Waals surface area contributed by atoms with Gasteiger partial charge in [-0.2, -0.15) is 0 Å². The Morgan fingerprint density at radius 3 is 2.75 bits per heavy atom. The van der Waals surface area contributed by atoms with E-state index >= 15 is 0 Å². The van der Waals surface area contributed by atoms with Crippen molar-refractivity contribution in [3.8, 4) is 5.75 Å². The van der Waals surface area contributed by atoms with Gasteiger partial charge in [0.05, 0.1) is 0 Å². The Hall–Kier alpha value is -1.52. The maximum atomic E-state index is 12.1. The molecule has 0 aliphatic carbocycles. The maximum Gasteiger partial charge on any atom is 0.334 e. The third-order valence-corrected chi connectivity index (χ3v) is 4.40. The van der Waals surface area contributed by atoms with E-state index in [-0.39, 0.29) is 18.9 Å². The summed E-state index contributed by atoms with van der Waals surface area (Å²) in [5.41, 5.74) is 2.31. The van der Waals surface area contributed by atoms with E-state index in [1.165, 1.54) is 12.8 Å². The minimum absolute atomic E-state index is 0.136. The SMILES string of the molecule is CCCCCCC1OC(=O)C(C)=C1c1cc(Cl)ccc1OCOC. The van der Waals surface area contributed by atoms with Crippen LogP contribution in [0.2, 0.25) is 5.02 Å². The molecule has 24 heavy (non-hydrogen) atoms. The highest BCUT2D eigenvalue weighted by Crippen LogP contribution is 2.39. The second kappa shape index (κ2) is 9.09. The molecule has 1 aliphatic heterocycles. The van der Waals surface area contributed by atoms with Gasteiger partial charge < -0.3 is 14.2 Å². The van der Waals surface area contributed by atoms with E-state index in [0.717, 1.165) is 30.4 Å². The number of rotatable bonds is 9. The molecule has 0 saturated heterocycles. The molecule has 132 valence electrons. The van der Waals surface area contributed by atoms with Crippen LogP contribution >= 0.6 is 11.6 Å². The van der Waals surface area contributed by atoms with Crippen molar-refractivity contribution in [3.63, 3.8) is 0 Å². The van der Waals surface area contributed by atoms with Gasteiger partial charge in [0.25, 0.3) is 0 Å². The molecule has 0 aromatic heterocycles. The standard InChI is InChI=1S/C19H25ClO4/c1-4-5-6-7-8-17-18(13(2)19(21)24-17)15-11-14(20)9-10-16(15)23-12-22-3/h9-11,17H,4-8,12H2,1-3H3. The number of carbonyl (C=O) groups is 1. The fraction of sp³-hybridized carbons (Fsp3) is 0.526. The molecular formula is C19H25ClO4. The van der Waals surface area contributed by atoms with E-state index in [9.17, 15) is 4.79 Å². The predicted molar refractivity (Wildman–Crippen MR) is 95.2 cm³/mol. The summed E-state index contributed by atoms with van der Waals surface area (Å²) in [6.45, 7) is 4.11. The highest BCUT2D eigenvalue weighted by atomic mass is 35.5. The summed E-state index contributed by atoms with van der Waals surface area (Å²) < 4.78 is 16.2. The Kier molecular flexibility index (Phi) is 7.13. The summed E-state index contributed by atoms with van der Waals surface area (Å²) in [6.07, 6.45) is 5.11. The quantitative estimate of drug-likeness (QED) is 0.356. The smallest absolute Gasteiger partial charge is 0.334 e. The van der Waals surface area contributed by atoms with Crippen molar-refractivity contribution in [3.05, 3.63) is 34.4 Å². The van der Waals surface area contributed by atoms with Crippen LogP contribution < -0.4 is 4.74 Å². The van der Waals surface area contributed by atoms with Crippen LogP contribution in [0.4, 0.5) is 0 Å². The van der Waals surface area contributed by atoms with Gasteiger partial charge in [0.15, 0.2) is 6.79 Å². The summed E-state index contributed by atoms with van der Waals surface area (Å²) in [4.78, 5) is 12.1. The predicted octanol–water partition coefficient (Wildman–Crippen LogP) is 4.99. The topological polar surface area (TPSA) is 44.8 Å². The lowest BCUT2D eigenvalue weighted by Crippen LogP contribution is -2.12. The number of cyclic esters (lactones) is 1. The Morgan fingerprint density at radius 2 is 2.04 bits per heavy atom. The number of hydrogen-bond acceptors (Lipinski definition) is 4. The Morgan fingerprint density at radius 1 is 1.25 bits per heavy atom. The Bertz CT molecular complexity index is 609. The van der Waals surface area contributed by atoms with E-state index in [1.807, 2.05) is 6.07 Å². The summed E-state index contributed by atoms with van der Waals surface area (Å²) in [6, 6.07) is 5.39. The minimum Gasteiger partial charge on any atom is -0.467 e. The van der Waals surface area contributed by atoms with Crippen LogP contribution in [0.25, 0.3) is 5.57 Å². The number of unbranched alkanes of at least 4 members (excludes halogenated alkanes) is 3.